The topological polar surface area (TPSA) is 29.3 Å². The molecule has 1 atom stereocenters. The van der Waals surface area contributed by atoms with Crippen molar-refractivity contribution >= 4 is 5.69 Å². The Kier molecular flexibility index (Phi) is 3.48. The Morgan fingerprint density at radius 3 is 2.71 bits per heavy atom. The van der Waals surface area contributed by atoms with E-state index < -0.39 is 0 Å². The van der Waals surface area contributed by atoms with Crippen molar-refractivity contribution in [1.82, 2.24) is 0 Å². The lowest BCUT2D eigenvalue weighted by Crippen LogP contribution is -2.29. The maximum absolute atomic E-state index is 14.0. The van der Waals surface area contributed by atoms with E-state index in [-0.39, 0.29) is 11.9 Å². The summed E-state index contributed by atoms with van der Waals surface area (Å²) < 4.78 is 14.0. The predicted octanol–water partition coefficient (Wildman–Crippen LogP) is 3.00. The van der Waals surface area contributed by atoms with E-state index in [1.165, 1.54) is 5.57 Å². The van der Waals surface area contributed by atoms with Crippen molar-refractivity contribution in [2.45, 2.75) is 26.3 Å². The van der Waals surface area contributed by atoms with Gasteiger partial charge < -0.3 is 10.6 Å². The normalized spacial score (nSPS) is 17.9. The Hall–Kier alpha value is -1.35. The number of hydrogen-bond donors (Lipinski definition) is 1. The summed E-state index contributed by atoms with van der Waals surface area (Å²) in [6, 6.07) is 5.17. The maximum Gasteiger partial charge on any atom is 0.146 e. The van der Waals surface area contributed by atoms with E-state index in [0.29, 0.717) is 5.69 Å². The average molecular weight is 234 g/mol. The largest absolute Gasteiger partial charge is 0.365 e. The summed E-state index contributed by atoms with van der Waals surface area (Å²) in [4.78, 5) is 2.06. The molecule has 0 unspecified atom stereocenters. The van der Waals surface area contributed by atoms with Crippen molar-refractivity contribution < 1.29 is 4.39 Å². The molecule has 1 aromatic carbocycles. The lowest BCUT2D eigenvalue weighted by atomic mass is 10.1. The van der Waals surface area contributed by atoms with E-state index in [9.17, 15) is 4.39 Å². The molecule has 0 aliphatic carbocycles. The monoisotopic (exact) mass is 234 g/mol. The molecule has 0 saturated heterocycles. The number of benzene rings is 1. The number of nitrogens with zero attached hydrogens (tertiary/aromatic N) is 1. The fourth-order valence-corrected chi connectivity index (χ4v) is 2.05. The van der Waals surface area contributed by atoms with E-state index in [1.807, 2.05) is 19.1 Å². The van der Waals surface area contributed by atoms with Gasteiger partial charge in [-0.25, -0.2) is 4.39 Å². The summed E-state index contributed by atoms with van der Waals surface area (Å²) >= 11 is 0. The van der Waals surface area contributed by atoms with Crippen LogP contribution in [0.4, 0.5) is 10.1 Å². The summed E-state index contributed by atoms with van der Waals surface area (Å²) in [7, 11) is 0. The molecule has 17 heavy (non-hydrogen) atoms. The van der Waals surface area contributed by atoms with E-state index in [1.54, 1.807) is 6.07 Å². The van der Waals surface area contributed by atoms with Gasteiger partial charge in [-0.15, -0.1) is 0 Å². The van der Waals surface area contributed by atoms with Crippen LogP contribution in [-0.2, 0) is 0 Å². The fraction of sp³-hybridized carbons (Fsp3) is 0.429. The van der Waals surface area contributed by atoms with Crippen LogP contribution in [0.5, 0.6) is 0 Å². The van der Waals surface area contributed by atoms with Gasteiger partial charge in [0.15, 0.2) is 0 Å². The summed E-state index contributed by atoms with van der Waals surface area (Å²) in [6.07, 6.45) is 3.16. The molecular formula is C14H19FN2. The van der Waals surface area contributed by atoms with Gasteiger partial charge in [-0.05, 0) is 38.0 Å². The molecule has 0 amide bonds. The van der Waals surface area contributed by atoms with Crippen LogP contribution in [0, 0.1) is 5.82 Å². The molecule has 0 aromatic heterocycles. The molecule has 1 heterocycles. The first-order valence-corrected chi connectivity index (χ1v) is 6.03. The van der Waals surface area contributed by atoms with Crippen LogP contribution in [0.15, 0.2) is 29.8 Å². The summed E-state index contributed by atoms with van der Waals surface area (Å²) in [5.74, 6) is -0.173. The number of halogens is 1. The molecule has 0 spiro atoms. The van der Waals surface area contributed by atoms with Gasteiger partial charge in [0.05, 0.1) is 5.69 Å². The Morgan fingerprint density at radius 2 is 2.18 bits per heavy atom. The SMILES string of the molecule is CC1=CCN(c2ccc([C@@H](C)N)cc2F)CC1. The molecule has 1 aromatic rings. The van der Waals surface area contributed by atoms with E-state index in [2.05, 4.69) is 17.9 Å². The zero-order valence-corrected chi connectivity index (χ0v) is 10.4. The maximum atomic E-state index is 14.0. The molecule has 2 N–H and O–H groups in total. The third kappa shape index (κ3) is 2.67. The minimum absolute atomic E-state index is 0.123. The van der Waals surface area contributed by atoms with Crippen molar-refractivity contribution in [3.63, 3.8) is 0 Å². The highest BCUT2D eigenvalue weighted by atomic mass is 19.1. The van der Waals surface area contributed by atoms with Crippen molar-refractivity contribution in [2.24, 2.45) is 5.73 Å². The molecule has 0 bridgehead atoms. The lowest BCUT2D eigenvalue weighted by Gasteiger charge is -2.28. The van der Waals surface area contributed by atoms with E-state index >= 15 is 0 Å². The first-order valence-electron chi connectivity index (χ1n) is 6.03. The van der Waals surface area contributed by atoms with Crippen molar-refractivity contribution in [1.29, 1.82) is 0 Å². The molecule has 2 nitrogen and oxygen atoms in total. The minimum Gasteiger partial charge on any atom is -0.365 e. The molecule has 1 aliphatic heterocycles. The quantitative estimate of drug-likeness (QED) is 0.797. The number of nitrogens with two attached hydrogens (primary N) is 1. The molecule has 3 heteroatoms. The van der Waals surface area contributed by atoms with Gasteiger partial charge in [0.25, 0.3) is 0 Å². The number of hydrogen-bond acceptors (Lipinski definition) is 2. The summed E-state index contributed by atoms with van der Waals surface area (Å²) in [5, 5.41) is 0. The zero-order valence-electron chi connectivity index (χ0n) is 10.4. The van der Waals surface area contributed by atoms with Gasteiger partial charge in [-0.2, -0.15) is 0 Å². The molecular weight excluding hydrogens is 215 g/mol. The third-order valence-electron chi connectivity index (χ3n) is 3.27. The molecule has 0 radical (unpaired) electrons. The van der Waals surface area contributed by atoms with E-state index in [4.69, 9.17) is 5.73 Å². The first-order chi connectivity index (χ1) is 8.08. The van der Waals surface area contributed by atoms with Crippen LogP contribution in [0.1, 0.15) is 31.9 Å². The Morgan fingerprint density at radius 1 is 1.41 bits per heavy atom. The highest BCUT2D eigenvalue weighted by Gasteiger charge is 2.14. The van der Waals surface area contributed by atoms with Crippen LogP contribution in [0.3, 0.4) is 0 Å². The highest BCUT2D eigenvalue weighted by Crippen LogP contribution is 2.25. The second kappa shape index (κ2) is 4.88. The van der Waals surface area contributed by atoms with Gasteiger partial charge in [-0.3, -0.25) is 0 Å². The van der Waals surface area contributed by atoms with Gasteiger partial charge >= 0.3 is 0 Å². The molecule has 2 rings (SSSR count). The van der Waals surface area contributed by atoms with Gasteiger partial charge in [-0.1, -0.05) is 17.7 Å². The second-order valence-corrected chi connectivity index (χ2v) is 4.75. The Balaban J connectivity index is 2.22. The highest BCUT2D eigenvalue weighted by molar-refractivity contribution is 5.51. The smallest absolute Gasteiger partial charge is 0.146 e. The molecule has 0 fully saturated rings. The second-order valence-electron chi connectivity index (χ2n) is 4.75. The van der Waals surface area contributed by atoms with Crippen molar-refractivity contribution in [2.75, 3.05) is 18.0 Å². The van der Waals surface area contributed by atoms with Gasteiger partial charge in [0, 0.05) is 19.1 Å². The van der Waals surface area contributed by atoms with Crippen molar-refractivity contribution in [3.8, 4) is 0 Å². The molecule has 0 saturated carbocycles. The Bertz CT molecular complexity index is 438. The predicted molar refractivity (Wildman–Crippen MR) is 69.6 cm³/mol. The summed E-state index contributed by atoms with van der Waals surface area (Å²) in [5.41, 5.74) is 8.64. The Labute approximate surface area is 102 Å². The van der Waals surface area contributed by atoms with Gasteiger partial charge in [0.2, 0.25) is 0 Å². The van der Waals surface area contributed by atoms with Crippen LogP contribution in [-0.4, -0.2) is 13.1 Å². The minimum atomic E-state index is -0.173. The van der Waals surface area contributed by atoms with E-state index in [0.717, 1.165) is 25.1 Å². The van der Waals surface area contributed by atoms with Gasteiger partial charge in [0.1, 0.15) is 5.82 Å². The van der Waals surface area contributed by atoms with Crippen molar-refractivity contribution in [3.05, 3.63) is 41.2 Å². The number of anilines is 1. The van der Waals surface area contributed by atoms with Crippen LogP contribution >= 0.6 is 0 Å². The van der Waals surface area contributed by atoms with Crippen LogP contribution in [0.25, 0.3) is 0 Å². The third-order valence-corrected chi connectivity index (χ3v) is 3.27. The molecule has 1 aliphatic rings. The average Bonchev–Trinajstić information content (AvgIpc) is 2.30. The zero-order chi connectivity index (χ0) is 12.4. The fourth-order valence-electron chi connectivity index (χ4n) is 2.05. The van der Waals surface area contributed by atoms with Crippen LogP contribution < -0.4 is 10.6 Å². The van der Waals surface area contributed by atoms with Crippen LogP contribution in [0.2, 0.25) is 0 Å². The summed E-state index contributed by atoms with van der Waals surface area (Å²) in [6.45, 7) is 5.66. The first kappa shape index (κ1) is 12.1. The standard InChI is InChI=1S/C14H19FN2/c1-10-5-7-17(8-6-10)14-4-3-12(11(2)16)9-13(14)15/h3-5,9,11H,6-8,16H2,1-2H3/t11-/m1/s1. The number of rotatable bonds is 2. The molecule has 92 valence electrons. The lowest BCUT2D eigenvalue weighted by molar-refractivity contribution is 0.612.